The summed E-state index contributed by atoms with van der Waals surface area (Å²) in [5.74, 6) is 0.381. The van der Waals surface area contributed by atoms with Crippen molar-refractivity contribution < 1.29 is 18.1 Å². The van der Waals surface area contributed by atoms with Gasteiger partial charge in [0.05, 0.1) is 0 Å². The quantitative estimate of drug-likeness (QED) is 0.457. The Kier molecular flexibility index (Phi) is 3.16. The highest BCUT2D eigenvalue weighted by molar-refractivity contribution is 7.67. The molecule has 0 radical (unpaired) electrons. The molecule has 106 valence electrons. The van der Waals surface area contributed by atoms with E-state index in [1.807, 2.05) is 30.3 Å². The van der Waals surface area contributed by atoms with Gasteiger partial charge in [-0.05, 0) is 33.7 Å². The Morgan fingerprint density at radius 2 is 1.29 bits per heavy atom. The Morgan fingerprint density at radius 1 is 0.714 bits per heavy atom. The van der Waals surface area contributed by atoms with Gasteiger partial charge in [0.1, 0.15) is 5.75 Å². The molecule has 0 amide bonds. The van der Waals surface area contributed by atoms with Gasteiger partial charge in [-0.1, -0.05) is 42.5 Å². The molecule has 0 aliphatic rings. The molecule has 0 aliphatic carbocycles. The first-order valence-corrected chi connectivity index (χ1v) is 7.32. The van der Waals surface area contributed by atoms with E-state index in [2.05, 4.69) is 18.2 Å². The largest absolute Gasteiger partial charge is 0.412 e. The summed E-state index contributed by atoms with van der Waals surface area (Å²) in [6.07, 6.45) is 0. The minimum atomic E-state index is -2.91. The molecule has 0 heterocycles. The molecule has 4 aromatic carbocycles. The lowest BCUT2D eigenvalue weighted by atomic mass is 9.94. The molecule has 0 atom stereocenters. The van der Waals surface area contributed by atoms with Crippen molar-refractivity contribution in [3.05, 3.63) is 54.6 Å². The fourth-order valence-electron chi connectivity index (χ4n) is 2.87. The topological polar surface area (TPSA) is 74.9 Å². The molecular weight excluding hydrogens is 288 g/mol. The highest BCUT2D eigenvalue weighted by atomic mass is 32.2. The third-order valence-corrected chi connectivity index (χ3v) is 4.01. The van der Waals surface area contributed by atoms with Crippen LogP contribution in [0.15, 0.2) is 54.6 Å². The number of rotatable bonds is 2. The molecule has 0 saturated heterocycles. The molecule has 4 aromatic rings. The van der Waals surface area contributed by atoms with Crippen LogP contribution >= 0.6 is 0 Å². The van der Waals surface area contributed by atoms with Crippen LogP contribution < -0.4 is 4.18 Å². The Bertz CT molecular complexity index is 997. The Balaban J connectivity index is 0.00000132. The number of benzene rings is 4. The van der Waals surface area contributed by atoms with Gasteiger partial charge in [0.25, 0.3) is 11.0 Å². The molecular formula is C16H12O4S. The summed E-state index contributed by atoms with van der Waals surface area (Å²) in [4.78, 5) is 0. The summed E-state index contributed by atoms with van der Waals surface area (Å²) in [5, 5.41) is 6.39. The van der Waals surface area contributed by atoms with E-state index < -0.39 is 11.0 Å². The van der Waals surface area contributed by atoms with Gasteiger partial charge >= 0.3 is 0 Å². The third-order valence-electron chi connectivity index (χ3n) is 3.66. The lowest BCUT2D eigenvalue weighted by Crippen LogP contribution is -1.92. The Labute approximate surface area is 122 Å². The van der Waals surface area contributed by atoms with Crippen LogP contribution in [-0.2, 0) is 11.0 Å². The molecule has 21 heavy (non-hydrogen) atoms. The van der Waals surface area contributed by atoms with Crippen LogP contribution in [0.4, 0.5) is 0 Å². The highest BCUT2D eigenvalue weighted by Gasteiger charge is 2.11. The van der Waals surface area contributed by atoms with Gasteiger partial charge in [0.15, 0.2) is 0 Å². The first-order valence-electron chi connectivity index (χ1n) is 6.23. The minimum absolute atomic E-state index is 0. The molecule has 2 N–H and O–H groups in total. The van der Waals surface area contributed by atoms with Gasteiger partial charge in [-0.25, -0.2) is 0 Å². The number of thiol groups is 1. The van der Waals surface area contributed by atoms with Crippen LogP contribution in [0.5, 0.6) is 5.75 Å². The highest BCUT2D eigenvalue weighted by Crippen LogP contribution is 2.38. The molecule has 0 aliphatic heterocycles. The van der Waals surface area contributed by atoms with Crippen molar-refractivity contribution in [2.24, 2.45) is 0 Å². The first kappa shape index (κ1) is 13.6. The van der Waals surface area contributed by atoms with E-state index in [9.17, 15) is 8.42 Å². The first-order chi connectivity index (χ1) is 9.74. The van der Waals surface area contributed by atoms with Crippen molar-refractivity contribution in [3.63, 3.8) is 0 Å². The van der Waals surface area contributed by atoms with Gasteiger partial charge in [0, 0.05) is 10.8 Å². The summed E-state index contributed by atoms with van der Waals surface area (Å²) in [6, 6.07) is 17.8. The molecule has 0 bridgehead atoms. The number of hydrogen-bond acceptors (Lipinski definition) is 3. The molecule has 0 fully saturated rings. The van der Waals surface area contributed by atoms with Crippen molar-refractivity contribution in [3.8, 4) is 5.75 Å². The van der Waals surface area contributed by atoms with Gasteiger partial charge < -0.3 is 9.66 Å². The predicted octanol–water partition coefficient (Wildman–Crippen LogP) is 2.66. The second-order valence-corrected chi connectivity index (χ2v) is 5.36. The minimum Gasteiger partial charge on any atom is -0.412 e. The van der Waals surface area contributed by atoms with Gasteiger partial charge in [-0.2, -0.15) is 8.42 Å². The Morgan fingerprint density at radius 3 is 1.95 bits per heavy atom. The molecule has 5 heteroatoms. The fraction of sp³-hybridized carbons (Fsp3) is 0. The van der Waals surface area contributed by atoms with E-state index >= 15 is 0 Å². The van der Waals surface area contributed by atoms with E-state index in [0.717, 1.165) is 32.3 Å². The molecule has 4 rings (SSSR count). The van der Waals surface area contributed by atoms with Crippen molar-refractivity contribution in [2.75, 3.05) is 0 Å². The number of hydrogen-bond donors (Lipinski definition) is 1. The zero-order valence-corrected chi connectivity index (χ0v) is 11.8. The van der Waals surface area contributed by atoms with E-state index in [1.165, 1.54) is 0 Å². The lowest BCUT2D eigenvalue weighted by Gasteiger charge is -2.12. The van der Waals surface area contributed by atoms with Gasteiger partial charge in [-0.15, -0.1) is 0 Å². The third kappa shape index (κ3) is 1.98. The molecule has 0 spiro atoms. The summed E-state index contributed by atoms with van der Waals surface area (Å²) < 4.78 is 26.6. The lowest BCUT2D eigenvalue weighted by molar-refractivity contribution is 0.513. The normalized spacial score (nSPS) is 11.3. The van der Waals surface area contributed by atoms with Crippen LogP contribution in [-0.4, -0.2) is 13.9 Å². The fourth-order valence-corrected chi connectivity index (χ4v) is 3.19. The Hall–Kier alpha value is -2.37. The summed E-state index contributed by atoms with van der Waals surface area (Å²) in [5.41, 5.74) is 0. The van der Waals surface area contributed by atoms with Crippen LogP contribution in [0.3, 0.4) is 0 Å². The van der Waals surface area contributed by atoms with Gasteiger partial charge in [-0.3, -0.25) is 0 Å². The molecule has 0 aromatic heterocycles. The van der Waals surface area contributed by atoms with Crippen molar-refractivity contribution >= 4 is 43.3 Å². The molecule has 4 nitrogen and oxygen atoms in total. The zero-order valence-electron chi connectivity index (χ0n) is 10.9. The maximum absolute atomic E-state index is 10.8. The van der Waals surface area contributed by atoms with Crippen molar-refractivity contribution in [2.45, 2.75) is 0 Å². The predicted molar refractivity (Wildman–Crippen MR) is 84.7 cm³/mol. The van der Waals surface area contributed by atoms with Crippen molar-refractivity contribution in [1.29, 1.82) is 0 Å². The molecule has 0 saturated carbocycles. The SMILES string of the molecule is O.O=[SH](=O)Oc1ccc2ccc3cccc4ccc1c2c34. The monoisotopic (exact) mass is 300 g/mol. The van der Waals surface area contributed by atoms with Crippen LogP contribution in [0.2, 0.25) is 0 Å². The van der Waals surface area contributed by atoms with Crippen LogP contribution in [0.1, 0.15) is 0 Å². The second kappa shape index (κ2) is 4.87. The zero-order chi connectivity index (χ0) is 13.7. The maximum Gasteiger partial charge on any atom is 0.299 e. The summed E-state index contributed by atoms with van der Waals surface area (Å²) in [6.45, 7) is 0. The smallest absolute Gasteiger partial charge is 0.299 e. The standard InChI is InChI=1S/C16H10O3S.H2O/c17-20(18)19-14-9-7-12-5-4-10-2-1-3-11-6-8-13(14)16(12)15(10)11;/h1-9,20H;1H2. The second-order valence-electron chi connectivity index (χ2n) is 4.73. The molecule has 0 unspecified atom stereocenters. The van der Waals surface area contributed by atoms with Crippen LogP contribution in [0, 0.1) is 0 Å². The van der Waals surface area contributed by atoms with Crippen molar-refractivity contribution in [1.82, 2.24) is 0 Å². The average Bonchev–Trinajstić information content (AvgIpc) is 2.46. The van der Waals surface area contributed by atoms with E-state index in [1.54, 1.807) is 6.07 Å². The van der Waals surface area contributed by atoms with E-state index in [-0.39, 0.29) is 5.48 Å². The van der Waals surface area contributed by atoms with E-state index in [4.69, 9.17) is 4.18 Å². The average molecular weight is 300 g/mol. The van der Waals surface area contributed by atoms with Crippen LogP contribution in [0.25, 0.3) is 32.3 Å². The maximum atomic E-state index is 10.8. The summed E-state index contributed by atoms with van der Waals surface area (Å²) >= 11 is 0. The summed E-state index contributed by atoms with van der Waals surface area (Å²) in [7, 11) is -2.91. The van der Waals surface area contributed by atoms with Gasteiger partial charge in [0.2, 0.25) is 0 Å². The van der Waals surface area contributed by atoms with E-state index in [0.29, 0.717) is 5.75 Å².